The van der Waals surface area contributed by atoms with E-state index in [1.165, 1.54) is 31.4 Å². The van der Waals surface area contributed by atoms with Crippen molar-refractivity contribution < 1.29 is 18.6 Å². The Bertz CT molecular complexity index is 389. The fourth-order valence-electron chi connectivity index (χ4n) is 2.77. The van der Waals surface area contributed by atoms with E-state index < -0.39 is 12.7 Å². The van der Waals surface area contributed by atoms with Crippen LogP contribution in [0.2, 0.25) is 0 Å². The van der Waals surface area contributed by atoms with Crippen molar-refractivity contribution in [3.8, 4) is 5.75 Å². The van der Waals surface area contributed by atoms with Crippen LogP contribution in [0, 0.1) is 5.92 Å². The summed E-state index contributed by atoms with van der Waals surface area (Å²) in [6.07, 6.45) is 6.17. The molecular weight excluding hydrogens is 250 g/mol. The van der Waals surface area contributed by atoms with Gasteiger partial charge in [-0.2, -0.15) is 8.78 Å². The summed E-state index contributed by atoms with van der Waals surface area (Å²) in [7, 11) is 0. The minimum absolute atomic E-state index is 0.107. The lowest BCUT2D eigenvalue weighted by Crippen LogP contribution is -2.11. The van der Waals surface area contributed by atoms with E-state index >= 15 is 0 Å². The molecule has 0 radical (unpaired) electrons. The summed E-state index contributed by atoms with van der Waals surface area (Å²) < 4.78 is 28.6. The molecule has 2 rings (SSSR count). The highest BCUT2D eigenvalue weighted by Crippen LogP contribution is 2.32. The van der Waals surface area contributed by atoms with Crippen LogP contribution in [0.25, 0.3) is 0 Å². The number of halogens is 2. The summed E-state index contributed by atoms with van der Waals surface area (Å²) in [4.78, 5) is 0. The predicted octanol–water partition coefficient (Wildman–Crippen LogP) is 4.29. The molecule has 0 heterocycles. The van der Waals surface area contributed by atoms with Crippen LogP contribution in [0.4, 0.5) is 8.78 Å². The molecule has 1 aliphatic carbocycles. The number of hydrogen-bond donors (Lipinski definition) is 1. The van der Waals surface area contributed by atoms with Gasteiger partial charge in [0.15, 0.2) is 0 Å². The topological polar surface area (TPSA) is 29.5 Å². The maximum atomic E-state index is 12.1. The first kappa shape index (κ1) is 14.3. The van der Waals surface area contributed by atoms with Gasteiger partial charge in [0.05, 0.1) is 6.10 Å². The van der Waals surface area contributed by atoms with E-state index in [1.54, 1.807) is 12.1 Å². The quantitative estimate of drug-likeness (QED) is 0.864. The summed E-state index contributed by atoms with van der Waals surface area (Å²) in [5.41, 5.74) is 0.656. The second kappa shape index (κ2) is 6.85. The number of aliphatic hydroxyl groups is 1. The van der Waals surface area contributed by atoms with Gasteiger partial charge in [-0.3, -0.25) is 0 Å². The molecule has 2 nitrogen and oxygen atoms in total. The van der Waals surface area contributed by atoms with E-state index in [4.69, 9.17) is 0 Å². The van der Waals surface area contributed by atoms with Crippen LogP contribution in [0.15, 0.2) is 24.3 Å². The molecule has 0 bridgehead atoms. The molecule has 1 aromatic rings. The molecule has 1 N–H and O–H groups in total. The molecule has 1 saturated carbocycles. The van der Waals surface area contributed by atoms with Gasteiger partial charge < -0.3 is 9.84 Å². The van der Waals surface area contributed by atoms with E-state index in [0.29, 0.717) is 17.9 Å². The van der Waals surface area contributed by atoms with Crippen molar-refractivity contribution in [2.24, 2.45) is 5.92 Å². The summed E-state index contributed by atoms with van der Waals surface area (Å²) >= 11 is 0. The Morgan fingerprint density at radius 1 is 1.21 bits per heavy atom. The SMILES string of the molecule is OC(CC1CCCCC1)c1cccc(OC(F)F)c1. The van der Waals surface area contributed by atoms with Gasteiger partial charge in [-0.25, -0.2) is 0 Å². The number of alkyl halides is 2. The van der Waals surface area contributed by atoms with Crippen LogP contribution < -0.4 is 4.74 Å². The third-order valence-electron chi connectivity index (χ3n) is 3.75. The molecule has 1 aliphatic rings. The van der Waals surface area contributed by atoms with Crippen LogP contribution >= 0.6 is 0 Å². The van der Waals surface area contributed by atoms with Crippen molar-refractivity contribution in [1.29, 1.82) is 0 Å². The number of benzene rings is 1. The van der Waals surface area contributed by atoms with Crippen molar-refractivity contribution in [2.45, 2.75) is 51.2 Å². The number of ether oxygens (including phenoxy) is 1. The minimum atomic E-state index is -2.83. The molecule has 1 fully saturated rings. The highest BCUT2D eigenvalue weighted by molar-refractivity contribution is 5.29. The summed E-state index contributed by atoms with van der Waals surface area (Å²) in [5.74, 6) is 0.651. The largest absolute Gasteiger partial charge is 0.435 e. The Kier molecular flexibility index (Phi) is 5.14. The van der Waals surface area contributed by atoms with Crippen molar-refractivity contribution in [1.82, 2.24) is 0 Å². The van der Waals surface area contributed by atoms with Crippen LogP contribution in [0.3, 0.4) is 0 Å². The van der Waals surface area contributed by atoms with Gasteiger partial charge >= 0.3 is 6.61 Å². The van der Waals surface area contributed by atoms with Crippen molar-refractivity contribution in [3.05, 3.63) is 29.8 Å². The van der Waals surface area contributed by atoms with Crippen LogP contribution in [-0.2, 0) is 0 Å². The molecule has 0 aromatic heterocycles. The number of aliphatic hydroxyl groups excluding tert-OH is 1. The Morgan fingerprint density at radius 3 is 2.63 bits per heavy atom. The highest BCUT2D eigenvalue weighted by atomic mass is 19.3. The zero-order valence-corrected chi connectivity index (χ0v) is 10.9. The molecule has 0 saturated heterocycles. The van der Waals surface area contributed by atoms with E-state index in [9.17, 15) is 13.9 Å². The van der Waals surface area contributed by atoms with Crippen LogP contribution in [0.5, 0.6) is 5.75 Å². The minimum Gasteiger partial charge on any atom is -0.435 e. The Labute approximate surface area is 112 Å². The molecule has 0 aliphatic heterocycles. The van der Waals surface area contributed by atoms with Gasteiger partial charge in [-0.05, 0) is 30.0 Å². The average molecular weight is 270 g/mol. The monoisotopic (exact) mass is 270 g/mol. The van der Waals surface area contributed by atoms with Gasteiger partial charge in [-0.1, -0.05) is 44.2 Å². The first-order valence-electron chi connectivity index (χ1n) is 6.88. The predicted molar refractivity (Wildman–Crippen MR) is 69.2 cm³/mol. The number of hydrogen-bond acceptors (Lipinski definition) is 2. The fourth-order valence-corrected chi connectivity index (χ4v) is 2.77. The summed E-state index contributed by atoms with van der Waals surface area (Å²) in [6, 6.07) is 6.37. The van der Waals surface area contributed by atoms with E-state index in [2.05, 4.69) is 4.74 Å². The highest BCUT2D eigenvalue weighted by Gasteiger charge is 2.19. The van der Waals surface area contributed by atoms with Gasteiger partial charge in [0.25, 0.3) is 0 Å². The standard InChI is InChI=1S/C15H20F2O2/c16-15(17)19-13-8-4-7-12(10-13)14(18)9-11-5-2-1-3-6-11/h4,7-8,10-11,14-15,18H,1-3,5-6,9H2. The van der Waals surface area contributed by atoms with E-state index in [1.807, 2.05) is 0 Å². The van der Waals surface area contributed by atoms with Crippen molar-refractivity contribution in [2.75, 3.05) is 0 Å². The first-order valence-corrected chi connectivity index (χ1v) is 6.88. The lowest BCUT2D eigenvalue weighted by molar-refractivity contribution is -0.0500. The first-order chi connectivity index (χ1) is 9.15. The lowest BCUT2D eigenvalue weighted by Gasteiger charge is -2.24. The van der Waals surface area contributed by atoms with E-state index in [-0.39, 0.29) is 5.75 Å². The number of rotatable bonds is 5. The summed E-state index contributed by atoms with van der Waals surface area (Å²) in [6.45, 7) is -2.83. The molecule has 0 spiro atoms. The van der Waals surface area contributed by atoms with Gasteiger partial charge in [0.1, 0.15) is 5.75 Å². The Morgan fingerprint density at radius 2 is 1.95 bits per heavy atom. The molecule has 4 heteroatoms. The molecule has 1 atom stereocenters. The molecule has 1 unspecified atom stereocenters. The third-order valence-corrected chi connectivity index (χ3v) is 3.75. The average Bonchev–Trinajstić information content (AvgIpc) is 2.39. The molecule has 106 valence electrons. The maximum absolute atomic E-state index is 12.1. The second-order valence-corrected chi connectivity index (χ2v) is 5.21. The zero-order chi connectivity index (χ0) is 13.7. The molecule has 19 heavy (non-hydrogen) atoms. The van der Waals surface area contributed by atoms with Crippen LogP contribution in [0.1, 0.15) is 50.2 Å². The maximum Gasteiger partial charge on any atom is 0.387 e. The van der Waals surface area contributed by atoms with Crippen molar-refractivity contribution in [3.63, 3.8) is 0 Å². The van der Waals surface area contributed by atoms with Crippen LogP contribution in [-0.4, -0.2) is 11.7 Å². The van der Waals surface area contributed by atoms with Gasteiger partial charge in [0, 0.05) is 0 Å². The molecule has 1 aromatic carbocycles. The van der Waals surface area contributed by atoms with E-state index in [0.717, 1.165) is 12.8 Å². The Hall–Kier alpha value is -1.16. The normalized spacial score (nSPS) is 18.5. The van der Waals surface area contributed by atoms with Crippen molar-refractivity contribution >= 4 is 0 Å². The fraction of sp³-hybridized carbons (Fsp3) is 0.600. The van der Waals surface area contributed by atoms with Gasteiger partial charge in [-0.15, -0.1) is 0 Å². The smallest absolute Gasteiger partial charge is 0.387 e. The Balaban J connectivity index is 1.95. The molecule has 0 amide bonds. The molecular formula is C15H20F2O2. The second-order valence-electron chi connectivity index (χ2n) is 5.21. The van der Waals surface area contributed by atoms with Gasteiger partial charge in [0.2, 0.25) is 0 Å². The third kappa shape index (κ3) is 4.46. The summed E-state index contributed by atoms with van der Waals surface area (Å²) in [5, 5.41) is 10.2. The zero-order valence-electron chi connectivity index (χ0n) is 10.9. The lowest BCUT2D eigenvalue weighted by atomic mass is 9.84.